The first-order valence-electron chi connectivity index (χ1n) is 4.45. The van der Waals surface area contributed by atoms with E-state index in [0.717, 1.165) is 11.3 Å². The first-order chi connectivity index (χ1) is 8.08. The summed E-state index contributed by atoms with van der Waals surface area (Å²) in [5.41, 5.74) is 0. The van der Waals surface area contributed by atoms with Crippen LogP contribution in [-0.4, -0.2) is 20.5 Å². The third kappa shape index (κ3) is 5.23. The molecule has 0 atom stereocenters. The molecule has 102 valence electrons. The number of carbonyl (C=O) groups excluding carboxylic acids is 1. The highest BCUT2D eigenvalue weighted by Gasteiger charge is 2.31. The van der Waals surface area contributed by atoms with Gasteiger partial charge in [-0.2, -0.15) is 13.2 Å². The van der Waals surface area contributed by atoms with Gasteiger partial charge in [0.25, 0.3) is 9.05 Å². The summed E-state index contributed by atoms with van der Waals surface area (Å²) >= 11 is 0.784. The Kier molecular flexibility index (Phi) is 4.62. The Morgan fingerprint density at radius 3 is 2.44 bits per heavy atom. The van der Waals surface area contributed by atoms with Crippen molar-refractivity contribution in [2.45, 2.75) is 23.4 Å². The van der Waals surface area contributed by atoms with Crippen LogP contribution in [0.5, 0.6) is 0 Å². The summed E-state index contributed by atoms with van der Waals surface area (Å²) in [6, 6.07) is 2.59. The van der Waals surface area contributed by atoms with Crippen LogP contribution in [0.25, 0.3) is 0 Å². The van der Waals surface area contributed by atoms with Crippen molar-refractivity contribution in [2.24, 2.45) is 0 Å². The second-order valence-electron chi connectivity index (χ2n) is 3.23. The number of hydrogen-bond donors (Lipinski definition) is 1. The van der Waals surface area contributed by atoms with Gasteiger partial charge in [0.1, 0.15) is 10.6 Å². The van der Waals surface area contributed by atoms with Crippen LogP contribution >= 0.6 is 22.0 Å². The number of thiophene rings is 1. The van der Waals surface area contributed by atoms with Crippen molar-refractivity contribution in [3.8, 4) is 0 Å². The Hall–Kier alpha value is -0.800. The maximum atomic E-state index is 11.8. The van der Waals surface area contributed by atoms with Gasteiger partial charge in [-0.25, -0.2) is 8.42 Å². The summed E-state index contributed by atoms with van der Waals surface area (Å²) < 4.78 is 57.2. The van der Waals surface area contributed by atoms with Crippen LogP contribution < -0.4 is 5.32 Å². The summed E-state index contributed by atoms with van der Waals surface area (Å²) in [5, 5.41) is 2.03. The van der Waals surface area contributed by atoms with Crippen molar-refractivity contribution < 1.29 is 26.4 Å². The van der Waals surface area contributed by atoms with Gasteiger partial charge in [0.2, 0.25) is 5.91 Å². The molecule has 0 saturated heterocycles. The highest BCUT2D eigenvalue weighted by molar-refractivity contribution is 8.15. The van der Waals surface area contributed by atoms with Gasteiger partial charge in [-0.15, -0.1) is 11.3 Å². The first kappa shape index (κ1) is 15.3. The molecule has 1 heterocycles. The van der Waals surface area contributed by atoms with Crippen molar-refractivity contribution in [3.63, 3.8) is 0 Å². The minimum absolute atomic E-state index is 0.121. The topological polar surface area (TPSA) is 63.2 Å². The second-order valence-corrected chi connectivity index (χ2v) is 7.19. The average molecular weight is 322 g/mol. The maximum absolute atomic E-state index is 11.8. The summed E-state index contributed by atoms with van der Waals surface area (Å²) in [6.45, 7) is -0.175. The zero-order valence-corrected chi connectivity index (χ0v) is 11.0. The Bertz CT molecular complexity index is 538. The summed E-state index contributed by atoms with van der Waals surface area (Å²) in [7, 11) is 1.22. The molecule has 0 saturated carbocycles. The summed E-state index contributed by atoms with van der Waals surface area (Å²) in [5.74, 6) is -1.17. The fourth-order valence-corrected chi connectivity index (χ4v) is 3.08. The zero-order chi connectivity index (χ0) is 14.0. The molecule has 0 unspecified atom stereocenters. The molecular weight excluding hydrogens is 315 g/mol. The minimum Gasteiger partial charge on any atom is -0.351 e. The molecule has 10 heteroatoms. The molecule has 1 N–H and O–H groups in total. The van der Waals surface area contributed by atoms with Crippen molar-refractivity contribution >= 4 is 37.0 Å². The SMILES string of the molecule is O=C(CC(F)(F)F)NCc1ccc(S(=O)(=O)Cl)s1. The number of carbonyl (C=O) groups is 1. The van der Waals surface area contributed by atoms with E-state index >= 15 is 0 Å². The molecule has 18 heavy (non-hydrogen) atoms. The number of nitrogens with one attached hydrogen (secondary N) is 1. The van der Waals surface area contributed by atoms with Gasteiger partial charge in [0.05, 0.1) is 6.54 Å². The highest BCUT2D eigenvalue weighted by Crippen LogP contribution is 2.25. The first-order valence-corrected chi connectivity index (χ1v) is 7.57. The minimum atomic E-state index is -4.57. The fourth-order valence-electron chi connectivity index (χ4n) is 1.01. The van der Waals surface area contributed by atoms with E-state index in [0.29, 0.717) is 4.88 Å². The lowest BCUT2D eigenvalue weighted by Gasteiger charge is -2.06. The standard InChI is InChI=1S/C8H7ClF3NO3S2/c9-18(15,16)7-2-1-5(17-7)4-13-6(14)3-8(10,11)12/h1-2H,3-4H2,(H,13,14). The molecule has 0 spiro atoms. The van der Waals surface area contributed by atoms with Gasteiger partial charge in [0, 0.05) is 15.6 Å². The van der Waals surface area contributed by atoms with E-state index in [9.17, 15) is 26.4 Å². The van der Waals surface area contributed by atoms with Crippen molar-refractivity contribution in [2.75, 3.05) is 0 Å². The molecule has 0 aliphatic carbocycles. The van der Waals surface area contributed by atoms with Gasteiger partial charge >= 0.3 is 6.18 Å². The molecule has 0 bridgehead atoms. The van der Waals surface area contributed by atoms with E-state index in [-0.39, 0.29) is 10.8 Å². The molecule has 4 nitrogen and oxygen atoms in total. The van der Waals surface area contributed by atoms with Crippen LogP contribution in [0.4, 0.5) is 13.2 Å². The largest absolute Gasteiger partial charge is 0.397 e. The van der Waals surface area contributed by atoms with E-state index in [2.05, 4.69) is 0 Å². The second kappa shape index (κ2) is 5.45. The molecule has 0 aliphatic rings. The smallest absolute Gasteiger partial charge is 0.351 e. The quantitative estimate of drug-likeness (QED) is 0.865. The van der Waals surface area contributed by atoms with Crippen LogP contribution in [0.2, 0.25) is 0 Å². The van der Waals surface area contributed by atoms with Gasteiger partial charge in [-0.1, -0.05) is 0 Å². The summed E-state index contributed by atoms with van der Waals surface area (Å²) in [6.07, 6.45) is -6.14. The van der Waals surface area contributed by atoms with Crippen molar-refractivity contribution in [3.05, 3.63) is 17.0 Å². The van der Waals surface area contributed by atoms with Gasteiger partial charge < -0.3 is 5.32 Å². The maximum Gasteiger partial charge on any atom is 0.397 e. The lowest BCUT2D eigenvalue weighted by Crippen LogP contribution is -2.27. The van der Waals surface area contributed by atoms with Crippen molar-refractivity contribution in [1.82, 2.24) is 5.32 Å². The molecular formula is C8H7ClF3NO3S2. The number of alkyl halides is 3. The van der Waals surface area contributed by atoms with Crippen molar-refractivity contribution in [1.29, 1.82) is 0 Å². The fraction of sp³-hybridized carbons (Fsp3) is 0.375. The Labute approximate surface area is 109 Å². The lowest BCUT2D eigenvalue weighted by atomic mass is 10.4. The van der Waals surface area contributed by atoms with E-state index in [1.165, 1.54) is 12.1 Å². The predicted octanol–water partition coefficient (Wildman–Crippen LogP) is 2.24. The molecule has 1 aromatic heterocycles. The number of amides is 1. The third-order valence-electron chi connectivity index (χ3n) is 1.70. The van der Waals surface area contributed by atoms with E-state index < -0.39 is 27.6 Å². The van der Waals surface area contributed by atoms with E-state index in [1.807, 2.05) is 5.32 Å². The lowest BCUT2D eigenvalue weighted by molar-refractivity contribution is -0.153. The molecule has 0 aliphatic heterocycles. The van der Waals surface area contributed by atoms with Crippen LogP contribution in [-0.2, 0) is 20.4 Å². The van der Waals surface area contributed by atoms with Gasteiger partial charge in [0.15, 0.2) is 0 Å². The molecule has 0 radical (unpaired) electrons. The number of hydrogen-bond acceptors (Lipinski definition) is 4. The Morgan fingerprint density at radius 1 is 1.39 bits per heavy atom. The van der Waals surface area contributed by atoms with Crippen LogP contribution in [0, 0.1) is 0 Å². The highest BCUT2D eigenvalue weighted by atomic mass is 35.7. The average Bonchev–Trinajstić information content (AvgIpc) is 2.59. The van der Waals surface area contributed by atoms with Crippen LogP contribution in [0.15, 0.2) is 16.3 Å². The van der Waals surface area contributed by atoms with Crippen LogP contribution in [0.3, 0.4) is 0 Å². The Morgan fingerprint density at radius 2 is 2.00 bits per heavy atom. The molecule has 0 aromatic carbocycles. The van der Waals surface area contributed by atoms with Gasteiger partial charge in [-0.3, -0.25) is 4.79 Å². The van der Waals surface area contributed by atoms with E-state index in [1.54, 1.807) is 0 Å². The molecule has 1 aromatic rings. The number of halogens is 4. The molecule has 1 rings (SSSR count). The van der Waals surface area contributed by atoms with E-state index in [4.69, 9.17) is 10.7 Å². The molecule has 0 fully saturated rings. The van der Waals surface area contributed by atoms with Gasteiger partial charge in [-0.05, 0) is 12.1 Å². The monoisotopic (exact) mass is 321 g/mol. The third-order valence-corrected chi connectivity index (χ3v) is 4.88. The van der Waals surface area contributed by atoms with Crippen LogP contribution in [0.1, 0.15) is 11.3 Å². The summed E-state index contributed by atoms with van der Waals surface area (Å²) in [4.78, 5) is 11.3. The normalized spacial score (nSPS) is 12.4. The predicted molar refractivity (Wildman–Crippen MR) is 59.9 cm³/mol. The zero-order valence-electron chi connectivity index (χ0n) is 8.62. The Balaban J connectivity index is 2.55. The number of rotatable bonds is 4. The molecule has 1 amide bonds.